The molecule has 0 aliphatic carbocycles. The van der Waals surface area contributed by atoms with E-state index in [1.165, 1.54) is 18.3 Å². The number of carbonyl (C=O) groups excluding carboxylic acids is 2. The number of hydrogen-bond acceptors (Lipinski definition) is 8. The highest BCUT2D eigenvalue weighted by atomic mass is 16.6. The van der Waals surface area contributed by atoms with Crippen molar-refractivity contribution in [1.29, 1.82) is 0 Å². The zero-order valence-corrected chi connectivity index (χ0v) is 20.0. The molecule has 0 atom stereocenters. The summed E-state index contributed by atoms with van der Waals surface area (Å²) in [6.07, 6.45) is 1.38. The average molecular weight is 492 g/mol. The maximum Gasteiger partial charge on any atom is 0.343 e. The van der Waals surface area contributed by atoms with Gasteiger partial charge in [-0.05, 0) is 68.3 Å². The summed E-state index contributed by atoms with van der Waals surface area (Å²) in [7, 11) is 0. The Morgan fingerprint density at radius 2 is 1.64 bits per heavy atom. The highest BCUT2D eigenvalue weighted by Gasteiger charge is 2.16. The second-order valence-electron chi connectivity index (χ2n) is 7.70. The molecule has 10 heteroatoms. The quantitative estimate of drug-likeness (QED) is 0.147. The van der Waals surface area contributed by atoms with Crippen LogP contribution < -0.4 is 19.6 Å². The summed E-state index contributed by atoms with van der Waals surface area (Å²) in [5, 5.41) is 15.0. The Balaban J connectivity index is 1.61. The zero-order chi connectivity index (χ0) is 26.1. The van der Waals surface area contributed by atoms with Crippen LogP contribution >= 0.6 is 0 Å². The average Bonchev–Trinajstić information content (AvgIpc) is 2.85. The molecule has 0 aromatic heterocycles. The lowest BCUT2D eigenvalue weighted by atomic mass is 10.1. The van der Waals surface area contributed by atoms with Crippen LogP contribution in [0.2, 0.25) is 0 Å². The molecule has 0 fully saturated rings. The molecule has 0 spiro atoms. The fourth-order valence-corrected chi connectivity index (χ4v) is 3.05. The number of nitrogens with zero attached hydrogens (tertiary/aromatic N) is 2. The topological polar surface area (TPSA) is 129 Å². The predicted octanol–water partition coefficient (Wildman–Crippen LogP) is 4.36. The van der Waals surface area contributed by atoms with Gasteiger partial charge in [0.2, 0.25) is 0 Å². The highest BCUT2D eigenvalue weighted by molar-refractivity contribution is 5.91. The first-order valence-electron chi connectivity index (χ1n) is 11.0. The molecule has 0 unspecified atom stereocenters. The SMILES string of the molecule is CCOc1cc(/C=N/NC(=O)COc2ccc(C)cc2[N+](=O)[O-])ccc1OC(=O)c1ccc(C)cc1. The summed E-state index contributed by atoms with van der Waals surface area (Å²) in [6.45, 7) is 5.32. The van der Waals surface area contributed by atoms with Crippen LogP contribution in [-0.2, 0) is 4.79 Å². The number of ether oxygens (including phenoxy) is 3. The van der Waals surface area contributed by atoms with Gasteiger partial charge >= 0.3 is 11.7 Å². The zero-order valence-electron chi connectivity index (χ0n) is 20.0. The minimum absolute atomic E-state index is 0.0122. The van der Waals surface area contributed by atoms with Gasteiger partial charge in [-0.15, -0.1) is 0 Å². The molecule has 3 aromatic rings. The normalized spacial score (nSPS) is 10.6. The second-order valence-corrected chi connectivity index (χ2v) is 7.70. The number of rotatable bonds is 10. The molecule has 0 bridgehead atoms. The van der Waals surface area contributed by atoms with Gasteiger partial charge in [-0.3, -0.25) is 14.9 Å². The van der Waals surface area contributed by atoms with Crippen LogP contribution in [0.25, 0.3) is 0 Å². The van der Waals surface area contributed by atoms with Crippen LogP contribution in [0.15, 0.2) is 65.8 Å². The van der Waals surface area contributed by atoms with E-state index < -0.39 is 23.4 Å². The Bertz CT molecular complexity index is 1290. The van der Waals surface area contributed by atoms with Gasteiger partial charge in [-0.25, -0.2) is 10.2 Å². The van der Waals surface area contributed by atoms with Gasteiger partial charge in [0.25, 0.3) is 5.91 Å². The van der Waals surface area contributed by atoms with Crippen LogP contribution in [0.3, 0.4) is 0 Å². The van der Waals surface area contributed by atoms with E-state index in [0.717, 1.165) is 5.56 Å². The Kier molecular flexibility index (Phi) is 8.71. The van der Waals surface area contributed by atoms with Crippen LogP contribution in [0.5, 0.6) is 17.2 Å². The molecule has 3 aromatic carbocycles. The molecule has 0 aliphatic heterocycles. The summed E-state index contributed by atoms with van der Waals surface area (Å²) in [6, 6.07) is 16.3. The first-order chi connectivity index (χ1) is 17.3. The van der Waals surface area contributed by atoms with E-state index in [1.54, 1.807) is 50.2 Å². The number of carbonyl (C=O) groups is 2. The van der Waals surface area contributed by atoms with Crippen molar-refractivity contribution in [3.63, 3.8) is 0 Å². The van der Waals surface area contributed by atoms with Gasteiger partial charge in [-0.1, -0.05) is 23.8 Å². The minimum Gasteiger partial charge on any atom is -0.490 e. The third-order valence-electron chi connectivity index (χ3n) is 4.83. The summed E-state index contributed by atoms with van der Waals surface area (Å²) in [4.78, 5) is 35.1. The first kappa shape index (κ1) is 25.9. The molecule has 36 heavy (non-hydrogen) atoms. The fourth-order valence-electron chi connectivity index (χ4n) is 3.05. The van der Waals surface area contributed by atoms with Crippen molar-refractivity contribution in [2.24, 2.45) is 5.10 Å². The number of hydrogen-bond donors (Lipinski definition) is 1. The van der Waals surface area contributed by atoms with Gasteiger partial charge in [0.05, 0.1) is 23.3 Å². The van der Waals surface area contributed by atoms with E-state index >= 15 is 0 Å². The van der Waals surface area contributed by atoms with Crippen molar-refractivity contribution in [3.8, 4) is 17.2 Å². The summed E-state index contributed by atoms with van der Waals surface area (Å²) < 4.78 is 16.3. The van der Waals surface area contributed by atoms with Gasteiger partial charge in [0, 0.05) is 6.07 Å². The van der Waals surface area contributed by atoms with Crippen molar-refractivity contribution in [3.05, 3.63) is 93.0 Å². The van der Waals surface area contributed by atoms with E-state index in [-0.39, 0.29) is 17.2 Å². The van der Waals surface area contributed by atoms with E-state index in [1.807, 2.05) is 19.1 Å². The van der Waals surface area contributed by atoms with E-state index in [4.69, 9.17) is 14.2 Å². The van der Waals surface area contributed by atoms with Crippen LogP contribution in [0.4, 0.5) is 5.69 Å². The molecule has 1 N–H and O–H groups in total. The van der Waals surface area contributed by atoms with Crippen molar-refractivity contribution < 1.29 is 28.7 Å². The number of esters is 1. The lowest BCUT2D eigenvalue weighted by Gasteiger charge is -2.11. The largest absolute Gasteiger partial charge is 0.490 e. The Morgan fingerprint density at radius 1 is 0.944 bits per heavy atom. The minimum atomic E-state index is -0.602. The number of hydrazone groups is 1. The molecule has 3 rings (SSSR count). The third-order valence-corrected chi connectivity index (χ3v) is 4.83. The molecule has 0 radical (unpaired) electrons. The Hall–Kier alpha value is -4.73. The number of nitro groups is 1. The van der Waals surface area contributed by atoms with Crippen molar-refractivity contribution >= 4 is 23.8 Å². The lowest BCUT2D eigenvalue weighted by molar-refractivity contribution is -0.385. The van der Waals surface area contributed by atoms with E-state index in [9.17, 15) is 19.7 Å². The third kappa shape index (κ3) is 7.13. The molecule has 0 aliphatic rings. The lowest BCUT2D eigenvalue weighted by Crippen LogP contribution is -2.24. The Morgan fingerprint density at radius 3 is 2.33 bits per heavy atom. The van der Waals surface area contributed by atoms with Crippen molar-refractivity contribution in [1.82, 2.24) is 5.43 Å². The van der Waals surface area contributed by atoms with Crippen LogP contribution in [0, 0.1) is 24.0 Å². The molecule has 0 saturated heterocycles. The maximum absolute atomic E-state index is 12.5. The van der Waals surface area contributed by atoms with Gasteiger partial charge in [0.15, 0.2) is 23.9 Å². The molecule has 0 heterocycles. The van der Waals surface area contributed by atoms with Crippen LogP contribution in [0.1, 0.15) is 34.0 Å². The predicted molar refractivity (Wildman–Crippen MR) is 133 cm³/mol. The summed E-state index contributed by atoms with van der Waals surface area (Å²) in [5.74, 6) is -0.546. The van der Waals surface area contributed by atoms with Gasteiger partial charge < -0.3 is 14.2 Å². The number of amides is 1. The van der Waals surface area contributed by atoms with Crippen molar-refractivity contribution in [2.45, 2.75) is 20.8 Å². The number of nitrogens with one attached hydrogen (secondary N) is 1. The molecule has 1 amide bonds. The molecule has 10 nitrogen and oxygen atoms in total. The molecule has 0 saturated carbocycles. The number of benzene rings is 3. The summed E-state index contributed by atoms with van der Waals surface area (Å²) >= 11 is 0. The summed E-state index contributed by atoms with van der Waals surface area (Å²) in [5.41, 5.74) is 4.78. The standard InChI is InChI=1S/C26H25N3O7/c1-4-34-24-14-19(8-12-23(24)36-26(31)20-9-5-17(2)6-10-20)15-27-28-25(30)16-35-22-11-7-18(3)13-21(22)29(32)33/h5-15H,4,16H2,1-3H3,(H,28,30)/b27-15+. The first-order valence-corrected chi connectivity index (χ1v) is 11.0. The molecule has 186 valence electrons. The van der Waals surface area contributed by atoms with E-state index in [2.05, 4.69) is 10.5 Å². The van der Waals surface area contributed by atoms with Crippen LogP contribution in [-0.4, -0.2) is 36.2 Å². The molecular formula is C26H25N3O7. The Labute approximate surface area is 207 Å². The monoisotopic (exact) mass is 491 g/mol. The van der Waals surface area contributed by atoms with E-state index in [0.29, 0.717) is 29.0 Å². The van der Waals surface area contributed by atoms with Gasteiger partial charge in [-0.2, -0.15) is 5.10 Å². The molecular weight excluding hydrogens is 466 g/mol. The second kappa shape index (κ2) is 12.1. The smallest absolute Gasteiger partial charge is 0.343 e. The van der Waals surface area contributed by atoms with Crippen molar-refractivity contribution in [2.75, 3.05) is 13.2 Å². The fraction of sp³-hybridized carbons (Fsp3) is 0.192. The number of nitro benzene ring substituents is 1. The highest BCUT2D eigenvalue weighted by Crippen LogP contribution is 2.29. The number of aryl methyl sites for hydroxylation is 2. The van der Waals surface area contributed by atoms with Gasteiger partial charge in [0.1, 0.15) is 0 Å². The maximum atomic E-state index is 12.5.